The number of rotatable bonds is 7. The van der Waals surface area contributed by atoms with Crippen molar-refractivity contribution in [3.05, 3.63) is 47.8 Å². The van der Waals surface area contributed by atoms with E-state index >= 15 is 0 Å². The first-order chi connectivity index (χ1) is 17.6. The molecule has 1 unspecified atom stereocenters. The van der Waals surface area contributed by atoms with Gasteiger partial charge in [-0.3, -0.25) is 4.90 Å². The number of aryl methyl sites for hydroxylation is 1. The first kappa shape index (κ1) is 28.4. The fourth-order valence-electron chi connectivity index (χ4n) is 4.64. The van der Waals surface area contributed by atoms with E-state index in [4.69, 9.17) is 0 Å². The zero-order valence-electron chi connectivity index (χ0n) is 23.7. The Morgan fingerprint density at radius 3 is 2.68 bits per heavy atom. The summed E-state index contributed by atoms with van der Waals surface area (Å²) in [4.78, 5) is 26.1. The van der Waals surface area contributed by atoms with Crippen LogP contribution < -0.4 is 15.1 Å². The Balaban J connectivity index is 0.00000186. The highest BCUT2D eigenvalue weighted by Gasteiger charge is 2.30. The minimum Gasteiger partial charge on any atom is -0.371 e. The van der Waals surface area contributed by atoms with Crippen LogP contribution in [0.15, 0.2) is 30.7 Å². The molecule has 4 heterocycles. The molecule has 202 valence electrons. The predicted molar refractivity (Wildman–Crippen MR) is 151 cm³/mol. The zero-order chi connectivity index (χ0) is 27.3. The van der Waals surface area contributed by atoms with Gasteiger partial charge in [-0.05, 0) is 37.2 Å². The Labute approximate surface area is 221 Å². The van der Waals surface area contributed by atoms with Gasteiger partial charge in [-0.15, -0.1) is 0 Å². The number of anilines is 3. The van der Waals surface area contributed by atoms with Crippen LogP contribution in [0.25, 0.3) is 5.65 Å². The van der Waals surface area contributed by atoms with Gasteiger partial charge in [0.15, 0.2) is 11.5 Å². The number of pyridine rings is 2. The van der Waals surface area contributed by atoms with Gasteiger partial charge in [0.1, 0.15) is 5.82 Å². The van der Waals surface area contributed by atoms with Gasteiger partial charge in [0.2, 0.25) is 0 Å². The Hall–Kier alpha value is -3.16. The van der Waals surface area contributed by atoms with Gasteiger partial charge in [-0.1, -0.05) is 54.9 Å². The number of aromatic nitrogens is 3. The van der Waals surface area contributed by atoms with Crippen LogP contribution in [0.1, 0.15) is 72.6 Å². The van der Waals surface area contributed by atoms with E-state index in [-0.39, 0.29) is 17.1 Å². The van der Waals surface area contributed by atoms with Crippen LogP contribution in [-0.4, -0.2) is 40.0 Å². The summed E-state index contributed by atoms with van der Waals surface area (Å²) < 4.78 is 16.1. The second-order valence-corrected chi connectivity index (χ2v) is 10.9. The number of urea groups is 1. The monoisotopic (exact) mass is 510 g/mol. The quantitative estimate of drug-likeness (QED) is 0.369. The van der Waals surface area contributed by atoms with Crippen molar-refractivity contribution in [2.45, 2.75) is 74.7 Å². The third-order valence-corrected chi connectivity index (χ3v) is 6.57. The molecular formula is C29H43FN6O. The van der Waals surface area contributed by atoms with Crippen LogP contribution in [0, 0.1) is 24.1 Å². The highest BCUT2D eigenvalue weighted by molar-refractivity contribution is 6.03. The number of fused-ring (bicyclic) bond motifs is 2. The molecule has 1 atom stereocenters. The maximum atomic E-state index is 14.5. The summed E-state index contributed by atoms with van der Waals surface area (Å²) in [5.74, 6) is 0.867. The molecule has 0 spiro atoms. The lowest BCUT2D eigenvalue weighted by Crippen LogP contribution is -2.35. The molecule has 0 saturated heterocycles. The number of nitrogens with zero attached hydrogens (tertiary/aromatic N) is 5. The number of imidazole rings is 1. The molecule has 3 aromatic rings. The third kappa shape index (κ3) is 6.79. The molecular weight excluding hydrogens is 467 g/mol. The van der Waals surface area contributed by atoms with Crippen molar-refractivity contribution in [2.75, 3.05) is 34.8 Å². The number of nitrogens with one attached hydrogen (secondary N) is 1. The predicted octanol–water partition coefficient (Wildman–Crippen LogP) is 7.09. The molecule has 0 aliphatic carbocycles. The Morgan fingerprint density at radius 1 is 1.27 bits per heavy atom. The lowest BCUT2D eigenvalue weighted by Gasteiger charge is -2.34. The standard InChI is InChI=1S/C27H37FN6O.C2H6/c1-7-18(2)9-12-32(17-27(4,5)6)23-8-11-29-24-21(23)10-13-34(24)26(35)31-20-14-22(28)25-30-19(3)15-33(25)16-20;1-2/h8,11,14-16,18H,7,9-10,12-13,17H2,1-6H3,(H,31,35);1-2H3. The fourth-order valence-corrected chi connectivity index (χ4v) is 4.64. The van der Waals surface area contributed by atoms with Crippen molar-refractivity contribution >= 4 is 28.9 Å². The average molecular weight is 511 g/mol. The second kappa shape index (κ2) is 11.9. The molecule has 0 saturated carbocycles. The van der Waals surface area contributed by atoms with Gasteiger partial charge in [0.25, 0.3) is 0 Å². The van der Waals surface area contributed by atoms with Crippen molar-refractivity contribution in [2.24, 2.45) is 11.3 Å². The molecule has 0 fully saturated rings. The number of amides is 2. The van der Waals surface area contributed by atoms with Gasteiger partial charge in [0, 0.05) is 55.5 Å². The Morgan fingerprint density at radius 2 is 2.00 bits per heavy atom. The lowest BCUT2D eigenvalue weighted by molar-refractivity contribution is 0.257. The van der Waals surface area contributed by atoms with E-state index < -0.39 is 5.82 Å². The molecule has 2 amide bonds. The van der Waals surface area contributed by atoms with Crippen molar-refractivity contribution in [3.63, 3.8) is 0 Å². The molecule has 1 N–H and O–H groups in total. The van der Waals surface area contributed by atoms with E-state index in [0.29, 0.717) is 29.7 Å². The van der Waals surface area contributed by atoms with Crippen LogP contribution in [0.4, 0.5) is 26.4 Å². The largest absolute Gasteiger partial charge is 0.371 e. The van der Waals surface area contributed by atoms with Gasteiger partial charge >= 0.3 is 6.03 Å². The smallest absolute Gasteiger partial charge is 0.327 e. The van der Waals surface area contributed by atoms with Gasteiger partial charge < -0.3 is 14.6 Å². The minimum absolute atomic E-state index is 0.135. The molecule has 1 aliphatic rings. The molecule has 8 heteroatoms. The maximum Gasteiger partial charge on any atom is 0.327 e. The topological polar surface area (TPSA) is 65.8 Å². The number of halogens is 1. The minimum atomic E-state index is -0.475. The lowest BCUT2D eigenvalue weighted by atomic mass is 9.94. The van der Waals surface area contributed by atoms with Gasteiger partial charge in [0.05, 0.1) is 11.4 Å². The van der Waals surface area contributed by atoms with E-state index in [0.717, 1.165) is 43.6 Å². The molecule has 3 aromatic heterocycles. The van der Waals surface area contributed by atoms with E-state index in [1.807, 2.05) is 13.8 Å². The summed E-state index contributed by atoms with van der Waals surface area (Å²) in [6, 6.07) is 3.07. The maximum absolute atomic E-state index is 14.5. The van der Waals surface area contributed by atoms with Crippen LogP contribution in [0.3, 0.4) is 0 Å². The first-order valence-corrected chi connectivity index (χ1v) is 13.5. The highest BCUT2D eigenvalue weighted by Crippen LogP contribution is 2.36. The molecule has 0 bridgehead atoms. The molecule has 7 nitrogen and oxygen atoms in total. The summed E-state index contributed by atoms with van der Waals surface area (Å²) in [5.41, 5.74) is 3.73. The van der Waals surface area contributed by atoms with Gasteiger partial charge in [-0.25, -0.2) is 19.2 Å². The molecule has 1 aliphatic heterocycles. The number of hydrogen-bond donors (Lipinski definition) is 1. The van der Waals surface area contributed by atoms with Crippen molar-refractivity contribution in [1.29, 1.82) is 0 Å². The summed E-state index contributed by atoms with van der Waals surface area (Å²) in [6.07, 6.45) is 8.22. The van der Waals surface area contributed by atoms with Crippen molar-refractivity contribution in [1.82, 2.24) is 14.4 Å². The molecule has 37 heavy (non-hydrogen) atoms. The SMILES string of the molecule is CC.CCC(C)CCN(CC(C)(C)C)c1ccnc2c1CCN2C(=O)Nc1cc(F)c2nc(C)cn2c1. The van der Waals surface area contributed by atoms with E-state index in [1.54, 1.807) is 34.8 Å². The zero-order valence-corrected chi connectivity index (χ0v) is 23.7. The first-order valence-electron chi connectivity index (χ1n) is 13.5. The average Bonchev–Trinajstić information content (AvgIpc) is 3.45. The number of hydrogen-bond acceptors (Lipinski definition) is 4. The second-order valence-electron chi connectivity index (χ2n) is 10.9. The van der Waals surface area contributed by atoms with Crippen molar-refractivity contribution in [3.8, 4) is 0 Å². The summed E-state index contributed by atoms with van der Waals surface area (Å²) >= 11 is 0. The summed E-state index contributed by atoms with van der Waals surface area (Å²) in [7, 11) is 0. The van der Waals surface area contributed by atoms with Crippen molar-refractivity contribution < 1.29 is 9.18 Å². The number of carbonyl (C=O) groups excluding carboxylic acids is 1. The summed E-state index contributed by atoms with van der Waals surface area (Å²) in [6.45, 7) is 19.5. The van der Waals surface area contributed by atoms with Crippen LogP contribution in [0.2, 0.25) is 0 Å². The third-order valence-electron chi connectivity index (χ3n) is 6.57. The van der Waals surface area contributed by atoms with Gasteiger partial charge in [-0.2, -0.15) is 0 Å². The highest BCUT2D eigenvalue weighted by atomic mass is 19.1. The molecule has 0 aromatic carbocycles. The fraction of sp³-hybridized carbons (Fsp3) is 0.552. The molecule has 0 radical (unpaired) electrons. The van der Waals surface area contributed by atoms with E-state index in [2.05, 4.69) is 60.9 Å². The molecule has 4 rings (SSSR count). The van der Waals surface area contributed by atoms with E-state index in [1.165, 1.54) is 6.07 Å². The van der Waals surface area contributed by atoms with Crippen LogP contribution in [0.5, 0.6) is 0 Å². The van der Waals surface area contributed by atoms with Crippen LogP contribution in [-0.2, 0) is 6.42 Å². The Kier molecular flexibility index (Phi) is 9.16. The normalized spacial score (nSPS) is 13.7. The number of carbonyl (C=O) groups is 1. The van der Waals surface area contributed by atoms with E-state index in [9.17, 15) is 9.18 Å². The Bertz CT molecular complexity index is 1220. The summed E-state index contributed by atoms with van der Waals surface area (Å²) in [5, 5.41) is 2.85. The van der Waals surface area contributed by atoms with Crippen LogP contribution >= 0.6 is 0 Å².